The molecule has 0 unspecified atom stereocenters. The first-order valence-corrected chi connectivity index (χ1v) is 5.75. The summed E-state index contributed by atoms with van der Waals surface area (Å²) in [7, 11) is 0. The van der Waals surface area contributed by atoms with Crippen LogP contribution in [0, 0.1) is 0 Å². The maximum absolute atomic E-state index is 11.5. The fourth-order valence-corrected chi connectivity index (χ4v) is 2.13. The van der Waals surface area contributed by atoms with Crippen molar-refractivity contribution < 1.29 is 14.1 Å². The van der Waals surface area contributed by atoms with Crippen molar-refractivity contribution >= 4 is 5.97 Å². The summed E-state index contributed by atoms with van der Waals surface area (Å²) < 4.78 is 9.92. The van der Waals surface area contributed by atoms with Crippen molar-refractivity contribution in [1.82, 2.24) is 10.5 Å². The summed E-state index contributed by atoms with van der Waals surface area (Å²) in [5.74, 6) is 0.448. The molecule has 94 valence electrons. The van der Waals surface area contributed by atoms with Crippen LogP contribution in [0.1, 0.15) is 37.1 Å². The van der Waals surface area contributed by atoms with Gasteiger partial charge in [0.05, 0.1) is 5.56 Å². The second-order valence-electron chi connectivity index (χ2n) is 4.11. The van der Waals surface area contributed by atoms with Gasteiger partial charge in [-0.25, -0.2) is 0 Å². The Labute approximate surface area is 98.3 Å². The Morgan fingerprint density at radius 3 is 3.24 bits per heavy atom. The predicted octanol–water partition coefficient (Wildman–Crippen LogP) is 0.498. The van der Waals surface area contributed by atoms with Crippen molar-refractivity contribution in [3.8, 4) is 0 Å². The summed E-state index contributed by atoms with van der Waals surface area (Å²) in [5, 5.41) is 5.56. The van der Waals surface area contributed by atoms with Crippen LogP contribution < -0.4 is 10.9 Å². The molecule has 17 heavy (non-hydrogen) atoms. The quantitative estimate of drug-likeness (QED) is 0.591. The van der Waals surface area contributed by atoms with Gasteiger partial charge in [0.2, 0.25) is 0 Å². The Morgan fingerprint density at radius 2 is 2.47 bits per heavy atom. The molecule has 6 heteroatoms. The lowest BCUT2D eigenvalue weighted by Crippen LogP contribution is -2.31. The minimum Gasteiger partial charge on any atom is -0.465 e. The molecule has 0 radical (unpaired) electrons. The van der Waals surface area contributed by atoms with E-state index < -0.39 is 0 Å². The molecule has 1 aromatic rings. The lowest BCUT2D eigenvalue weighted by Gasteiger charge is -2.21. The Hall–Kier alpha value is -1.56. The van der Waals surface area contributed by atoms with E-state index in [4.69, 9.17) is 9.26 Å². The fraction of sp³-hybridized carbons (Fsp3) is 0.636. The van der Waals surface area contributed by atoms with Gasteiger partial charge in [0.15, 0.2) is 0 Å². The van der Waals surface area contributed by atoms with Gasteiger partial charge in [-0.2, -0.15) is 5.16 Å². The van der Waals surface area contributed by atoms with E-state index in [1.165, 1.54) is 6.92 Å². The van der Waals surface area contributed by atoms with E-state index in [2.05, 4.69) is 10.5 Å². The van der Waals surface area contributed by atoms with Crippen LogP contribution >= 0.6 is 0 Å². The summed E-state index contributed by atoms with van der Waals surface area (Å²) in [6.07, 6.45) is 2.69. The first-order chi connectivity index (χ1) is 8.18. The van der Waals surface area contributed by atoms with Gasteiger partial charge in [0.25, 0.3) is 5.56 Å². The van der Waals surface area contributed by atoms with Crippen molar-refractivity contribution in [2.24, 2.45) is 0 Å². The van der Waals surface area contributed by atoms with Crippen LogP contribution in [-0.4, -0.2) is 24.3 Å². The second-order valence-corrected chi connectivity index (χ2v) is 4.11. The van der Waals surface area contributed by atoms with Crippen LogP contribution in [0.2, 0.25) is 0 Å². The van der Waals surface area contributed by atoms with Crippen LogP contribution in [0.5, 0.6) is 0 Å². The number of carbonyl (C=O) groups excluding carboxylic acids is 1. The number of esters is 1. The summed E-state index contributed by atoms with van der Waals surface area (Å²) in [4.78, 5) is 22.1. The van der Waals surface area contributed by atoms with Gasteiger partial charge >= 0.3 is 5.97 Å². The first-order valence-electron chi connectivity index (χ1n) is 5.75. The molecule has 0 amide bonds. The highest BCUT2D eigenvalue weighted by molar-refractivity contribution is 5.65. The van der Waals surface area contributed by atoms with E-state index in [-0.39, 0.29) is 17.6 Å². The number of nitrogens with one attached hydrogen (secondary N) is 2. The average Bonchev–Trinajstić information content (AvgIpc) is 2.67. The molecule has 0 saturated heterocycles. The van der Waals surface area contributed by atoms with E-state index in [9.17, 15) is 9.59 Å². The topological polar surface area (TPSA) is 84.3 Å². The summed E-state index contributed by atoms with van der Waals surface area (Å²) in [6.45, 7) is 2.23. The molecule has 0 aromatic carbocycles. The Bertz CT molecular complexity index is 449. The number of rotatable bonds is 4. The van der Waals surface area contributed by atoms with Gasteiger partial charge in [0, 0.05) is 25.9 Å². The van der Waals surface area contributed by atoms with Crippen molar-refractivity contribution in [3.05, 3.63) is 21.7 Å². The van der Waals surface area contributed by atoms with Crippen LogP contribution in [0.15, 0.2) is 9.32 Å². The predicted molar refractivity (Wildman–Crippen MR) is 59.6 cm³/mol. The molecule has 2 rings (SSSR count). The fourth-order valence-electron chi connectivity index (χ4n) is 2.13. The van der Waals surface area contributed by atoms with E-state index in [1.54, 1.807) is 0 Å². The SMILES string of the molecule is CC(=O)OCCN[C@@H]1CCCc2o[nH]c(=O)c21. The van der Waals surface area contributed by atoms with Crippen molar-refractivity contribution in [3.63, 3.8) is 0 Å². The van der Waals surface area contributed by atoms with E-state index in [0.717, 1.165) is 25.0 Å². The first kappa shape index (κ1) is 11.9. The molecule has 1 heterocycles. The number of carbonyl (C=O) groups is 1. The van der Waals surface area contributed by atoms with Gasteiger partial charge in [-0.15, -0.1) is 0 Å². The maximum atomic E-state index is 11.5. The average molecular weight is 240 g/mol. The molecule has 1 aliphatic rings. The number of fused-ring (bicyclic) bond motifs is 1. The molecule has 1 atom stereocenters. The zero-order chi connectivity index (χ0) is 12.3. The molecular formula is C11H16N2O4. The number of hydrogen-bond donors (Lipinski definition) is 2. The molecule has 0 fully saturated rings. The monoisotopic (exact) mass is 240 g/mol. The molecule has 0 bridgehead atoms. The summed E-state index contributed by atoms with van der Waals surface area (Å²) in [5.41, 5.74) is 0.531. The Balaban J connectivity index is 1.92. The van der Waals surface area contributed by atoms with Crippen molar-refractivity contribution in [2.45, 2.75) is 32.2 Å². The maximum Gasteiger partial charge on any atom is 0.302 e. The largest absolute Gasteiger partial charge is 0.465 e. The minimum atomic E-state index is -0.294. The van der Waals surface area contributed by atoms with Gasteiger partial charge in [-0.3, -0.25) is 9.59 Å². The van der Waals surface area contributed by atoms with Crippen molar-refractivity contribution in [1.29, 1.82) is 0 Å². The number of hydrogen-bond acceptors (Lipinski definition) is 5. The number of ether oxygens (including phenoxy) is 1. The third kappa shape index (κ3) is 2.76. The van der Waals surface area contributed by atoms with Gasteiger partial charge < -0.3 is 14.6 Å². The van der Waals surface area contributed by atoms with Crippen LogP contribution in [-0.2, 0) is 16.0 Å². The summed E-state index contributed by atoms with van der Waals surface area (Å²) in [6, 6.07) is -0.00296. The Morgan fingerprint density at radius 1 is 1.65 bits per heavy atom. The third-order valence-electron chi connectivity index (χ3n) is 2.86. The standard InChI is InChI=1S/C11H16N2O4/c1-7(14)16-6-5-12-8-3-2-4-9-10(8)11(15)13-17-9/h8,12H,2-6H2,1H3,(H,13,15)/t8-/m1/s1. The zero-order valence-corrected chi connectivity index (χ0v) is 9.75. The van der Waals surface area contributed by atoms with Gasteiger partial charge in [-0.05, 0) is 12.8 Å². The molecule has 0 aliphatic heterocycles. The van der Waals surface area contributed by atoms with Crippen molar-refractivity contribution in [2.75, 3.05) is 13.2 Å². The summed E-state index contributed by atoms with van der Waals surface area (Å²) >= 11 is 0. The van der Waals surface area contributed by atoms with E-state index in [1.807, 2.05) is 0 Å². The lowest BCUT2D eigenvalue weighted by atomic mass is 9.93. The number of aryl methyl sites for hydroxylation is 1. The zero-order valence-electron chi connectivity index (χ0n) is 9.75. The van der Waals surface area contributed by atoms with Crippen LogP contribution in [0.3, 0.4) is 0 Å². The second kappa shape index (κ2) is 5.18. The molecule has 0 spiro atoms. The highest BCUT2D eigenvalue weighted by Gasteiger charge is 2.26. The molecule has 1 aromatic heterocycles. The normalized spacial score (nSPS) is 18.8. The highest BCUT2D eigenvalue weighted by Crippen LogP contribution is 2.26. The third-order valence-corrected chi connectivity index (χ3v) is 2.86. The van der Waals surface area contributed by atoms with Crippen LogP contribution in [0.4, 0.5) is 0 Å². The highest BCUT2D eigenvalue weighted by atomic mass is 16.5. The van der Waals surface area contributed by atoms with Crippen LogP contribution in [0.25, 0.3) is 0 Å². The Kier molecular flexibility index (Phi) is 3.63. The molecule has 2 N–H and O–H groups in total. The van der Waals surface area contributed by atoms with E-state index >= 15 is 0 Å². The number of H-pyrrole nitrogens is 1. The lowest BCUT2D eigenvalue weighted by molar-refractivity contribution is -0.140. The number of aromatic amines is 1. The van der Waals surface area contributed by atoms with Gasteiger partial charge in [-0.1, -0.05) is 0 Å². The molecular weight excluding hydrogens is 224 g/mol. The molecule has 6 nitrogen and oxygen atoms in total. The molecule has 0 saturated carbocycles. The number of aromatic nitrogens is 1. The van der Waals surface area contributed by atoms with Gasteiger partial charge in [0.1, 0.15) is 12.4 Å². The minimum absolute atomic E-state index is 0.00296. The van der Waals surface area contributed by atoms with E-state index in [0.29, 0.717) is 18.7 Å². The smallest absolute Gasteiger partial charge is 0.302 e. The molecule has 1 aliphatic carbocycles.